The number of fused-ring (bicyclic) bond motifs is 1. The van der Waals surface area contributed by atoms with Crippen LogP contribution in [0, 0.1) is 0 Å². The van der Waals surface area contributed by atoms with Crippen LogP contribution in [0.15, 0.2) is 33.9 Å². The molecule has 1 aliphatic rings. The van der Waals surface area contributed by atoms with Crippen molar-refractivity contribution < 1.29 is 14.3 Å². The lowest BCUT2D eigenvalue weighted by Crippen LogP contribution is -2.40. The third-order valence-electron chi connectivity index (χ3n) is 3.71. The third kappa shape index (κ3) is 1.95. The van der Waals surface area contributed by atoms with Crippen molar-refractivity contribution in [3.63, 3.8) is 0 Å². The molecule has 0 atom stereocenters. The van der Waals surface area contributed by atoms with Crippen LogP contribution in [0.1, 0.15) is 33.2 Å². The number of hydrogen-bond acceptors (Lipinski definition) is 5. The molecule has 0 aromatic heterocycles. The number of benzene rings is 1. The smallest absolute Gasteiger partial charge is 0.268 e. The molecule has 0 saturated heterocycles. The molecule has 0 aliphatic carbocycles. The van der Waals surface area contributed by atoms with Gasteiger partial charge in [-0.25, -0.2) is 0 Å². The van der Waals surface area contributed by atoms with Crippen LogP contribution in [-0.4, -0.2) is 29.9 Å². The lowest BCUT2D eigenvalue weighted by Gasteiger charge is -2.16. The molecule has 112 valence electrons. The van der Waals surface area contributed by atoms with Crippen LogP contribution in [0.2, 0.25) is 0 Å². The summed E-state index contributed by atoms with van der Waals surface area (Å²) in [7, 11) is 0. The highest BCUT2D eigenvalue weighted by molar-refractivity contribution is 6.21. The minimum absolute atomic E-state index is 0.0529. The van der Waals surface area contributed by atoms with E-state index in [-0.39, 0.29) is 42.7 Å². The van der Waals surface area contributed by atoms with Crippen molar-refractivity contribution in [1.82, 2.24) is 4.90 Å². The largest absolute Gasteiger partial charge is 0.489 e. The molecule has 0 unspecified atom stereocenters. The fourth-order valence-electron chi connectivity index (χ4n) is 2.61. The molecule has 0 fully saturated rings. The average Bonchev–Trinajstić information content (AvgIpc) is 2.78. The van der Waals surface area contributed by atoms with Crippen LogP contribution in [0.3, 0.4) is 0 Å². The number of carbonyl (C=O) groups excluding carboxylic acids is 2. The van der Waals surface area contributed by atoms with E-state index in [2.05, 4.69) is 0 Å². The highest BCUT2D eigenvalue weighted by Gasteiger charge is 2.35. The summed E-state index contributed by atoms with van der Waals surface area (Å²) in [6.45, 7) is 2.05. The number of rotatable bonds is 5. The van der Waals surface area contributed by atoms with Crippen molar-refractivity contribution in [2.75, 3.05) is 13.2 Å². The molecule has 0 spiro atoms. The Balaban J connectivity index is 1.78. The van der Waals surface area contributed by atoms with Crippen molar-refractivity contribution >= 4 is 11.8 Å². The van der Waals surface area contributed by atoms with Crippen LogP contribution >= 0.6 is 0 Å². The van der Waals surface area contributed by atoms with Gasteiger partial charge >= 0.3 is 0 Å². The van der Waals surface area contributed by atoms with Crippen LogP contribution in [-0.2, 0) is 6.42 Å². The molecule has 0 radical (unpaired) electrons. The molecule has 2 aromatic carbocycles. The molecular weight excluding hydrogens is 286 g/mol. The summed E-state index contributed by atoms with van der Waals surface area (Å²) in [6, 6.07) is 6.58. The second-order valence-corrected chi connectivity index (χ2v) is 4.96. The van der Waals surface area contributed by atoms with Gasteiger partial charge in [0.1, 0.15) is 0 Å². The van der Waals surface area contributed by atoms with Gasteiger partial charge in [0, 0.05) is 6.54 Å². The first-order valence-corrected chi connectivity index (χ1v) is 6.96. The van der Waals surface area contributed by atoms with Crippen molar-refractivity contribution in [2.24, 2.45) is 0 Å². The Kier molecular flexibility index (Phi) is 3.36. The van der Waals surface area contributed by atoms with Crippen molar-refractivity contribution in [3.8, 4) is 5.75 Å². The molecular formula is C16H13NO5. The molecule has 0 N–H and O–H groups in total. The van der Waals surface area contributed by atoms with E-state index in [4.69, 9.17) is 4.74 Å². The molecule has 2 aromatic rings. The van der Waals surface area contributed by atoms with E-state index in [0.717, 1.165) is 4.90 Å². The normalized spacial score (nSPS) is 13.8. The van der Waals surface area contributed by atoms with Gasteiger partial charge in [-0.3, -0.25) is 24.1 Å². The van der Waals surface area contributed by atoms with Crippen LogP contribution in [0.25, 0.3) is 0 Å². The van der Waals surface area contributed by atoms with E-state index in [0.29, 0.717) is 11.1 Å². The van der Waals surface area contributed by atoms with Crippen LogP contribution < -0.4 is 15.6 Å². The number of ether oxygens (including phenoxy) is 1. The average molecular weight is 299 g/mol. The van der Waals surface area contributed by atoms with Gasteiger partial charge < -0.3 is 4.74 Å². The zero-order chi connectivity index (χ0) is 15.9. The van der Waals surface area contributed by atoms with Crippen molar-refractivity contribution in [3.05, 3.63) is 61.4 Å². The van der Waals surface area contributed by atoms with Gasteiger partial charge in [-0.2, -0.15) is 0 Å². The van der Waals surface area contributed by atoms with E-state index in [9.17, 15) is 19.2 Å². The summed E-state index contributed by atoms with van der Waals surface area (Å²) >= 11 is 0. The monoisotopic (exact) mass is 299 g/mol. The first kappa shape index (κ1) is 14.2. The molecule has 1 heterocycles. The maximum Gasteiger partial charge on any atom is 0.268 e. The number of carbonyl (C=O) groups is 2. The second-order valence-electron chi connectivity index (χ2n) is 4.96. The van der Waals surface area contributed by atoms with Crippen molar-refractivity contribution in [2.45, 2.75) is 13.3 Å². The van der Waals surface area contributed by atoms with E-state index >= 15 is 0 Å². The molecule has 6 heteroatoms. The van der Waals surface area contributed by atoms with Crippen LogP contribution in [0.4, 0.5) is 0 Å². The standard InChI is InChI=1S/C16H13NO5/c1-2-22-14-11(12(18)13(14)19)7-8-17-15(20)9-5-3-4-6-10(9)16(17)21/h3-6H,2,7-8H2,1H3. The first-order valence-electron chi connectivity index (χ1n) is 6.96. The Labute approximate surface area is 125 Å². The SMILES string of the molecule is CCOc1c(CCN2C(=O)c3ccccc3C2=O)c(=O)c1=O. The van der Waals surface area contributed by atoms with Gasteiger partial charge in [-0.05, 0) is 25.5 Å². The Morgan fingerprint density at radius 3 is 2.09 bits per heavy atom. The lowest BCUT2D eigenvalue weighted by molar-refractivity contribution is 0.0655. The van der Waals surface area contributed by atoms with E-state index in [1.54, 1.807) is 31.2 Å². The molecule has 1 aliphatic heterocycles. The third-order valence-corrected chi connectivity index (χ3v) is 3.71. The number of amides is 2. The zero-order valence-corrected chi connectivity index (χ0v) is 11.9. The Morgan fingerprint density at radius 1 is 0.955 bits per heavy atom. The quantitative estimate of drug-likeness (QED) is 0.594. The van der Waals surface area contributed by atoms with Crippen LogP contribution in [0.5, 0.6) is 5.75 Å². The zero-order valence-electron chi connectivity index (χ0n) is 11.9. The van der Waals surface area contributed by atoms with Gasteiger partial charge in [-0.15, -0.1) is 0 Å². The van der Waals surface area contributed by atoms with Gasteiger partial charge in [0.05, 0.1) is 23.3 Å². The molecule has 22 heavy (non-hydrogen) atoms. The van der Waals surface area contributed by atoms with Gasteiger partial charge in [0.25, 0.3) is 17.2 Å². The van der Waals surface area contributed by atoms with E-state index in [1.165, 1.54) is 0 Å². The predicted octanol–water partition coefficient (Wildman–Crippen LogP) is 0.520. The summed E-state index contributed by atoms with van der Waals surface area (Å²) < 4.78 is 5.12. The highest BCUT2D eigenvalue weighted by atomic mass is 16.5. The minimum Gasteiger partial charge on any atom is -0.489 e. The summed E-state index contributed by atoms with van der Waals surface area (Å²) in [5.41, 5.74) is -0.257. The summed E-state index contributed by atoms with van der Waals surface area (Å²) in [5.74, 6) is -0.696. The number of imide groups is 1. The Bertz CT molecular complexity index is 810. The maximum absolute atomic E-state index is 12.2. The minimum atomic E-state index is -0.640. The topological polar surface area (TPSA) is 80.8 Å². The fraction of sp³-hybridized carbons (Fsp3) is 0.250. The summed E-state index contributed by atoms with van der Waals surface area (Å²) in [6.07, 6.45) is 0.130. The molecule has 3 rings (SSSR count). The highest BCUT2D eigenvalue weighted by Crippen LogP contribution is 2.23. The second kappa shape index (κ2) is 5.22. The van der Waals surface area contributed by atoms with Gasteiger partial charge in [-0.1, -0.05) is 12.1 Å². The van der Waals surface area contributed by atoms with E-state index < -0.39 is 10.9 Å². The van der Waals surface area contributed by atoms with Gasteiger partial charge in [0.15, 0.2) is 5.75 Å². The molecule has 0 saturated carbocycles. The Morgan fingerprint density at radius 2 is 1.55 bits per heavy atom. The number of nitrogens with zero attached hydrogens (tertiary/aromatic N) is 1. The lowest BCUT2D eigenvalue weighted by atomic mass is 10.1. The number of hydrogen-bond donors (Lipinski definition) is 0. The first-order chi connectivity index (χ1) is 10.6. The molecule has 6 nitrogen and oxygen atoms in total. The Hall–Kier alpha value is -2.76. The molecule has 0 bridgehead atoms. The maximum atomic E-state index is 12.2. The van der Waals surface area contributed by atoms with Gasteiger partial charge in [0.2, 0.25) is 5.43 Å². The summed E-state index contributed by atoms with van der Waals surface area (Å²) in [5, 5.41) is 0. The fourth-order valence-corrected chi connectivity index (χ4v) is 2.61. The molecule has 2 amide bonds. The van der Waals surface area contributed by atoms with E-state index in [1.807, 2.05) is 0 Å². The summed E-state index contributed by atoms with van der Waals surface area (Å²) in [4.78, 5) is 48.4. The van der Waals surface area contributed by atoms with Crippen molar-refractivity contribution in [1.29, 1.82) is 0 Å². The predicted molar refractivity (Wildman–Crippen MR) is 78.0 cm³/mol.